The molecule has 0 unspecified atom stereocenters. The number of pyridine rings is 1. The summed E-state index contributed by atoms with van der Waals surface area (Å²) >= 11 is 0. The highest BCUT2D eigenvalue weighted by Gasteiger charge is 1.97. The lowest BCUT2D eigenvalue weighted by Crippen LogP contribution is -1.85. The summed E-state index contributed by atoms with van der Waals surface area (Å²) in [6.07, 6.45) is 3.13. The molecule has 2 aromatic heterocycles. The lowest BCUT2D eigenvalue weighted by molar-refractivity contribution is 0.0987. The summed E-state index contributed by atoms with van der Waals surface area (Å²) in [5, 5.41) is 8.86. The van der Waals surface area contributed by atoms with Gasteiger partial charge in [0.1, 0.15) is 5.75 Å². The molecule has 84 valence electrons. The van der Waals surface area contributed by atoms with Crippen LogP contribution in [0.3, 0.4) is 0 Å². The molecule has 4 nitrogen and oxygen atoms in total. The average Bonchev–Trinajstić information content (AvgIpc) is 2.77. The van der Waals surface area contributed by atoms with Crippen molar-refractivity contribution < 1.29 is 14.3 Å². The van der Waals surface area contributed by atoms with E-state index >= 15 is 0 Å². The second kappa shape index (κ2) is 5.70. The topological polar surface area (TPSA) is 63.3 Å². The van der Waals surface area contributed by atoms with E-state index in [9.17, 15) is 4.79 Å². The van der Waals surface area contributed by atoms with E-state index < -0.39 is 0 Å². The second-order valence-electron chi connectivity index (χ2n) is 3.14. The predicted molar refractivity (Wildman–Crippen MR) is 59.4 cm³/mol. The molecule has 0 radical (unpaired) electrons. The van der Waals surface area contributed by atoms with Gasteiger partial charge in [0, 0.05) is 13.1 Å². The molecule has 0 saturated carbocycles. The molecule has 0 spiro atoms. The third-order valence-electron chi connectivity index (χ3n) is 1.85. The van der Waals surface area contributed by atoms with Crippen LogP contribution in [0.4, 0.5) is 0 Å². The van der Waals surface area contributed by atoms with Crippen LogP contribution < -0.4 is 0 Å². The van der Waals surface area contributed by atoms with Crippen molar-refractivity contribution in [3.05, 3.63) is 48.2 Å². The summed E-state index contributed by atoms with van der Waals surface area (Å²) in [4.78, 5) is 14.2. The number of aryl methyl sites for hydroxylation is 1. The Hall–Kier alpha value is -2.10. The van der Waals surface area contributed by atoms with Gasteiger partial charge in [-0.25, -0.2) is 0 Å². The first-order chi connectivity index (χ1) is 7.61. The summed E-state index contributed by atoms with van der Waals surface area (Å²) < 4.78 is 4.75. The molecule has 0 atom stereocenters. The zero-order valence-corrected chi connectivity index (χ0v) is 9.18. The third-order valence-corrected chi connectivity index (χ3v) is 1.85. The van der Waals surface area contributed by atoms with Crippen LogP contribution in [0.25, 0.3) is 0 Å². The molecule has 16 heavy (non-hydrogen) atoms. The molecule has 0 fully saturated rings. The van der Waals surface area contributed by atoms with Crippen molar-refractivity contribution in [2.75, 3.05) is 0 Å². The minimum atomic E-state index is -0.0324. The lowest BCUT2D eigenvalue weighted by Gasteiger charge is -1.91. The molecule has 2 heterocycles. The number of aromatic hydroxyl groups is 1. The van der Waals surface area contributed by atoms with Crippen LogP contribution in [0, 0.1) is 6.92 Å². The maximum absolute atomic E-state index is 10.4. The van der Waals surface area contributed by atoms with E-state index in [-0.39, 0.29) is 11.5 Å². The zero-order chi connectivity index (χ0) is 12.0. The van der Waals surface area contributed by atoms with Crippen LogP contribution in [0.2, 0.25) is 0 Å². The molecule has 0 bridgehead atoms. The summed E-state index contributed by atoms with van der Waals surface area (Å²) in [6, 6.07) is 6.64. The molecule has 0 aliphatic rings. The van der Waals surface area contributed by atoms with Gasteiger partial charge in [0.05, 0.1) is 12.0 Å². The van der Waals surface area contributed by atoms with Gasteiger partial charge in [-0.05, 0) is 31.2 Å². The van der Waals surface area contributed by atoms with E-state index in [1.165, 1.54) is 13.2 Å². The number of hydrogen-bond acceptors (Lipinski definition) is 4. The summed E-state index contributed by atoms with van der Waals surface area (Å²) in [6.45, 7) is 3.23. The lowest BCUT2D eigenvalue weighted by atomic mass is 10.3. The normalized spacial score (nSPS) is 9.12. The number of carbonyl (C=O) groups excluding carboxylic acids is 1. The number of nitrogens with zero attached hydrogens (tertiary/aromatic N) is 1. The average molecular weight is 219 g/mol. The number of rotatable bonds is 1. The number of carbonyl (C=O) groups is 1. The number of Topliss-reactive ketones (excluding diaryl/α,β-unsaturated/α-hetero) is 1. The molecule has 4 heteroatoms. The van der Waals surface area contributed by atoms with Gasteiger partial charge in [-0.2, -0.15) is 0 Å². The second-order valence-corrected chi connectivity index (χ2v) is 3.14. The fourth-order valence-electron chi connectivity index (χ4n) is 0.955. The fourth-order valence-corrected chi connectivity index (χ4v) is 0.955. The molecule has 0 amide bonds. The van der Waals surface area contributed by atoms with E-state index in [1.807, 2.05) is 0 Å². The highest BCUT2D eigenvalue weighted by atomic mass is 16.3. The first-order valence-electron chi connectivity index (χ1n) is 4.76. The SMILES string of the molecule is CC(=O)c1ccco1.Cc1ncccc1O. The minimum absolute atomic E-state index is 0.0324. The van der Waals surface area contributed by atoms with Crippen LogP contribution in [0.15, 0.2) is 41.1 Å². The first-order valence-corrected chi connectivity index (χ1v) is 4.76. The van der Waals surface area contributed by atoms with Crippen molar-refractivity contribution in [2.45, 2.75) is 13.8 Å². The van der Waals surface area contributed by atoms with Crippen LogP contribution in [-0.4, -0.2) is 15.9 Å². The maximum atomic E-state index is 10.4. The van der Waals surface area contributed by atoms with Gasteiger partial charge in [-0.1, -0.05) is 0 Å². The van der Waals surface area contributed by atoms with Crippen LogP contribution >= 0.6 is 0 Å². The van der Waals surface area contributed by atoms with E-state index in [2.05, 4.69) is 4.98 Å². The van der Waals surface area contributed by atoms with Crippen LogP contribution in [-0.2, 0) is 0 Å². The quantitative estimate of drug-likeness (QED) is 0.749. The summed E-state index contributed by atoms with van der Waals surface area (Å²) in [5.41, 5.74) is 0.674. The zero-order valence-electron chi connectivity index (χ0n) is 9.18. The Balaban J connectivity index is 0.000000160. The van der Waals surface area contributed by atoms with Gasteiger partial charge in [0.2, 0.25) is 0 Å². The number of hydrogen-bond donors (Lipinski definition) is 1. The standard InChI is InChI=1S/C6H7NO.C6H6O2/c1-5-6(8)3-2-4-7-5;1-5(7)6-3-2-4-8-6/h2-4,8H,1H3;2-4H,1H3. The van der Waals surface area contributed by atoms with E-state index in [1.54, 1.807) is 37.4 Å². The Morgan fingerprint density at radius 2 is 2.12 bits per heavy atom. The molecule has 0 aliphatic carbocycles. The van der Waals surface area contributed by atoms with Crippen molar-refractivity contribution in [1.29, 1.82) is 0 Å². The van der Waals surface area contributed by atoms with Gasteiger partial charge in [0.15, 0.2) is 11.5 Å². The van der Waals surface area contributed by atoms with Gasteiger partial charge in [-0.15, -0.1) is 0 Å². The Bertz CT molecular complexity index is 428. The van der Waals surface area contributed by atoms with Crippen molar-refractivity contribution in [3.63, 3.8) is 0 Å². The number of aromatic nitrogens is 1. The van der Waals surface area contributed by atoms with Gasteiger partial charge < -0.3 is 9.52 Å². The van der Waals surface area contributed by atoms with Crippen LogP contribution in [0.5, 0.6) is 5.75 Å². The van der Waals surface area contributed by atoms with Crippen molar-refractivity contribution in [2.24, 2.45) is 0 Å². The Morgan fingerprint density at radius 3 is 2.44 bits per heavy atom. The van der Waals surface area contributed by atoms with Crippen molar-refractivity contribution in [3.8, 4) is 5.75 Å². The van der Waals surface area contributed by atoms with Gasteiger partial charge >= 0.3 is 0 Å². The largest absolute Gasteiger partial charge is 0.506 e. The van der Waals surface area contributed by atoms with E-state index in [4.69, 9.17) is 9.52 Å². The highest BCUT2D eigenvalue weighted by molar-refractivity contribution is 5.91. The van der Waals surface area contributed by atoms with Gasteiger partial charge in [0.25, 0.3) is 0 Å². The molecule has 0 aromatic carbocycles. The smallest absolute Gasteiger partial charge is 0.194 e. The highest BCUT2D eigenvalue weighted by Crippen LogP contribution is 2.08. The molecular weight excluding hydrogens is 206 g/mol. The summed E-state index contributed by atoms with van der Waals surface area (Å²) in [7, 11) is 0. The van der Waals surface area contributed by atoms with Gasteiger partial charge in [-0.3, -0.25) is 9.78 Å². The monoisotopic (exact) mass is 219 g/mol. The number of ketones is 1. The minimum Gasteiger partial charge on any atom is -0.506 e. The van der Waals surface area contributed by atoms with Crippen molar-refractivity contribution in [1.82, 2.24) is 4.98 Å². The molecular formula is C12H13NO3. The molecule has 0 aliphatic heterocycles. The maximum Gasteiger partial charge on any atom is 0.194 e. The number of furan rings is 1. The first kappa shape index (κ1) is 12.0. The fraction of sp³-hybridized carbons (Fsp3) is 0.167. The Morgan fingerprint density at radius 1 is 1.38 bits per heavy atom. The predicted octanol–water partition coefficient (Wildman–Crippen LogP) is 2.58. The third kappa shape index (κ3) is 3.57. The Labute approximate surface area is 93.6 Å². The van der Waals surface area contributed by atoms with E-state index in [0.29, 0.717) is 11.5 Å². The molecule has 2 aromatic rings. The molecule has 0 saturated heterocycles. The molecule has 2 rings (SSSR count). The molecule has 1 N–H and O–H groups in total. The van der Waals surface area contributed by atoms with E-state index in [0.717, 1.165) is 0 Å². The van der Waals surface area contributed by atoms with Crippen LogP contribution in [0.1, 0.15) is 23.2 Å². The summed E-state index contributed by atoms with van der Waals surface area (Å²) in [5.74, 6) is 0.646. The Kier molecular flexibility index (Phi) is 4.27. The van der Waals surface area contributed by atoms with Crippen molar-refractivity contribution >= 4 is 5.78 Å².